The van der Waals surface area contributed by atoms with Crippen LogP contribution in [0.4, 0.5) is 5.69 Å². The first-order valence-corrected chi connectivity index (χ1v) is 8.49. The summed E-state index contributed by atoms with van der Waals surface area (Å²) in [6.07, 6.45) is 1.79. The van der Waals surface area contributed by atoms with Crippen molar-refractivity contribution in [1.82, 2.24) is 4.31 Å². The summed E-state index contributed by atoms with van der Waals surface area (Å²) in [4.78, 5) is 13.5. The fourth-order valence-corrected chi connectivity index (χ4v) is 4.30. The number of anilines is 1. The molecule has 6 nitrogen and oxygen atoms in total. The van der Waals surface area contributed by atoms with Crippen LogP contribution in [0.1, 0.15) is 19.8 Å². The van der Waals surface area contributed by atoms with Crippen LogP contribution in [0.2, 0.25) is 0 Å². The Balaban J connectivity index is 2.02. The van der Waals surface area contributed by atoms with E-state index in [1.165, 1.54) is 11.2 Å². The molecule has 1 fully saturated rings. The van der Waals surface area contributed by atoms with Gasteiger partial charge in [-0.3, -0.25) is 4.79 Å². The molecule has 1 aromatic rings. The van der Waals surface area contributed by atoms with E-state index in [0.29, 0.717) is 37.7 Å². The number of sulfonamides is 1. The van der Waals surface area contributed by atoms with Crippen molar-refractivity contribution < 1.29 is 17.9 Å². The first kappa shape index (κ1) is 14.3. The molecule has 0 spiro atoms. The third-order valence-corrected chi connectivity index (χ3v) is 5.77. The van der Waals surface area contributed by atoms with Crippen molar-refractivity contribution in [3.63, 3.8) is 0 Å². The summed E-state index contributed by atoms with van der Waals surface area (Å²) in [6, 6.07) is 4.73. The molecular formula is C14H18N2O4S. The van der Waals surface area contributed by atoms with E-state index in [1.807, 2.05) is 0 Å². The molecule has 1 amide bonds. The molecule has 1 aromatic carbocycles. The Morgan fingerprint density at radius 1 is 1.19 bits per heavy atom. The predicted octanol–water partition coefficient (Wildman–Crippen LogP) is 1.22. The molecule has 2 heterocycles. The number of carbonyl (C=O) groups is 1. The topological polar surface area (TPSA) is 66.9 Å². The molecule has 0 atom stereocenters. The fraction of sp³-hybridized carbons (Fsp3) is 0.500. The zero-order chi connectivity index (χ0) is 15.0. The molecule has 0 bridgehead atoms. The largest absolute Gasteiger partial charge is 0.490 e. The van der Waals surface area contributed by atoms with Crippen LogP contribution in [0.3, 0.4) is 0 Å². The zero-order valence-corrected chi connectivity index (χ0v) is 12.7. The highest BCUT2D eigenvalue weighted by atomic mass is 32.2. The highest BCUT2D eigenvalue weighted by Crippen LogP contribution is 2.35. The molecule has 2 aliphatic heterocycles. The van der Waals surface area contributed by atoms with E-state index in [9.17, 15) is 13.2 Å². The second kappa shape index (κ2) is 5.31. The highest BCUT2D eigenvalue weighted by molar-refractivity contribution is 7.89. The number of benzene rings is 1. The first-order valence-electron chi connectivity index (χ1n) is 7.05. The SMILES string of the molecule is CC(=O)N1CCOc2ccc(S(=O)(=O)N3CCCC3)cc21. The van der Waals surface area contributed by atoms with Crippen molar-refractivity contribution in [2.24, 2.45) is 0 Å². The van der Waals surface area contributed by atoms with Gasteiger partial charge in [-0.05, 0) is 31.0 Å². The van der Waals surface area contributed by atoms with Crippen LogP contribution in [0.15, 0.2) is 23.1 Å². The summed E-state index contributed by atoms with van der Waals surface area (Å²) >= 11 is 0. The van der Waals surface area contributed by atoms with Gasteiger partial charge in [0.25, 0.3) is 0 Å². The van der Waals surface area contributed by atoms with Gasteiger partial charge in [-0.2, -0.15) is 4.31 Å². The molecule has 2 aliphatic rings. The minimum Gasteiger partial charge on any atom is -0.490 e. The van der Waals surface area contributed by atoms with Crippen LogP contribution in [-0.2, 0) is 14.8 Å². The second-order valence-electron chi connectivity index (χ2n) is 5.26. The van der Waals surface area contributed by atoms with Crippen molar-refractivity contribution in [3.8, 4) is 5.75 Å². The third-order valence-electron chi connectivity index (χ3n) is 3.88. The van der Waals surface area contributed by atoms with Crippen LogP contribution < -0.4 is 9.64 Å². The number of hydrogen-bond acceptors (Lipinski definition) is 4. The van der Waals surface area contributed by atoms with Gasteiger partial charge in [-0.15, -0.1) is 0 Å². The number of ether oxygens (including phenoxy) is 1. The first-order chi connectivity index (χ1) is 10.00. The smallest absolute Gasteiger partial charge is 0.243 e. The quantitative estimate of drug-likeness (QED) is 0.823. The lowest BCUT2D eigenvalue weighted by Crippen LogP contribution is -2.36. The maximum absolute atomic E-state index is 12.6. The van der Waals surface area contributed by atoms with E-state index in [4.69, 9.17) is 4.74 Å². The molecule has 1 saturated heterocycles. The number of amides is 1. The standard InChI is InChI=1S/C14H18N2O4S/c1-11(17)16-8-9-20-14-5-4-12(10-13(14)16)21(18,19)15-6-2-3-7-15/h4-5,10H,2-3,6-9H2,1H3. The monoisotopic (exact) mass is 310 g/mol. The normalized spacial score (nSPS) is 19.2. The minimum absolute atomic E-state index is 0.115. The lowest BCUT2D eigenvalue weighted by molar-refractivity contribution is -0.116. The summed E-state index contributed by atoms with van der Waals surface area (Å²) in [5.74, 6) is 0.437. The molecule has 0 N–H and O–H groups in total. The number of fused-ring (bicyclic) bond motifs is 1. The molecule has 0 aromatic heterocycles. The Morgan fingerprint density at radius 2 is 1.90 bits per heavy atom. The van der Waals surface area contributed by atoms with E-state index in [-0.39, 0.29) is 10.8 Å². The van der Waals surface area contributed by atoms with E-state index in [2.05, 4.69) is 0 Å². The van der Waals surface area contributed by atoms with E-state index >= 15 is 0 Å². The summed E-state index contributed by atoms with van der Waals surface area (Å²) in [5, 5.41) is 0. The lowest BCUT2D eigenvalue weighted by atomic mass is 10.2. The van der Waals surface area contributed by atoms with Gasteiger partial charge >= 0.3 is 0 Å². The maximum Gasteiger partial charge on any atom is 0.243 e. The lowest BCUT2D eigenvalue weighted by Gasteiger charge is -2.29. The van der Waals surface area contributed by atoms with Gasteiger partial charge in [0.15, 0.2) is 0 Å². The molecule has 0 radical (unpaired) electrons. The molecule has 21 heavy (non-hydrogen) atoms. The predicted molar refractivity (Wildman–Crippen MR) is 78.0 cm³/mol. The molecular weight excluding hydrogens is 292 g/mol. The van der Waals surface area contributed by atoms with Crippen molar-refractivity contribution in [2.45, 2.75) is 24.7 Å². The van der Waals surface area contributed by atoms with Gasteiger partial charge in [-0.1, -0.05) is 0 Å². The Morgan fingerprint density at radius 3 is 2.57 bits per heavy atom. The average molecular weight is 310 g/mol. The Bertz CT molecular complexity index is 666. The number of hydrogen-bond donors (Lipinski definition) is 0. The zero-order valence-electron chi connectivity index (χ0n) is 11.9. The Hall–Kier alpha value is -1.60. The van der Waals surface area contributed by atoms with Gasteiger partial charge in [0.2, 0.25) is 15.9 Å². The summed E-state index contributed by atoms with van der Waals surface area (Å²) in [7, 11) is -3.48. The van der Waals surface area contributed by atoms with E-state index in [1.54, 1.807) is 23.1 Å². The van der Waals surface area contributed by atoms with Crippen molar-refractivity contribution in [3.05, 3.63) is 18.2 Å². The minimum atomic E-state index is -3.48. The summed E-state index contributed by atoms with van der Waals surface area (Å²) < 4.78 is 32.1. The summed E-state index contributed by atoms with van der Waals surface area (Å²) in [5.41, 5.74) is 0.536. The number of nitrogens with zero attached hydrogens (tertiary/aromatic N) is 2. The van der Waals surface area contributed by atoms with Gasteiger partial charge in [-0.25, -0.2) is 8.42 Å². The van der Waals surface area contributed by atoms with Gasteiger partial charge in [0, 0.05) is 20.0 Å². The molecule has 0 unspecified atom stereocenters. The van der Waals surface area contributed by atoms with Crippen LogP contribution >= 0.6 is 0 Å². The molecule has 0 aliphatic carbocycles. The van der Waals surface area contributed by atoms with Gasteiger partial charge < -0.3 is 9.64 Å². The van der Waals surface area contributed by atoms with Gasteiger partial charge in [0.05, 0.1) is 17.1 Å². The average Bonchev–Trinajstić information content (AvgIpc) is 3.00. The maximum atomic E-state index is 12.6. The number of carbonyl (C=O) groups excluding carboxylic acids is 1. The second-order valence-corrected chi connectivity index (χ2v) is 7.20. The Labute approximate surface area is 124 Å². The van der Waals surface area contributed by atoms with Crippen molar-refractivity contribution in [1.29, 1.82) is 0 Å². The molecule has 3 rings (SSSR count). The molecule has 0 saturated carbocycles. The van der Waals surface area contributed by atoms with E-state index in [0.717, 1.165) is 12.8 Å². The highest BCUT2D eigenvalue weighted by Gasteiger charge is 2.29. The van der Waals surface area contributed by atoms with Gasteiger partial charge in [0.1, 0.15) is 12.4 Å². The molecule has 7 heteroatoms. The fourth-order valence-electron chi connectivity index (χ4n) is 2.76. The van der Waals surface area contributed by atoms with Crippen molar-refractivity contribution in [2.75, 3.05) is 31.1 Å². The van der Waals surface area contributed by atoms with Crippen LogP contribution in [0.25, 0.3) is 0 Å². The van der Waals surface area contributed by atoms with E-state index < -0.39 is 10.0 Å². The third kappa shape index (κ3) is 2.51. The van der Waals surface area contributed by atoms with Crippen LogP contribution in [0, 0.1) is 0 Å². The Kier molecular flexibility index (Phi) is 3.62. The van der Waals surface area contributed by atoms with Crippen molar-refractivity contribution >= 4 is 21.6 Å². The summed E-state index contributed by atoms with van der Waals surface area (Å²) in [6.45, 7) is 3.45. The molecule has 114 valence electrons. The van der Waals surface area contributed by atoms with Crippen LogP contribution in [0.5, 0.6) is 5.75 Å². The number of rotatable bonds is 2. The van der Waals surface area contributed by atoms with Crippen LogP contribution in [-0.4, -0.2) is 44.9 Å².